The van der Waals surface area contributed by atoms with E-state index in [-0.39, 0.29) is 12.1 Å². The molecule has 1 saturated carbocycles. The molecule has 24 heavy (non-hydrogen) atoms. The molecule has 1 aromatic carbocycles. The molecule has 0 bridgehead atoms. The molecular weight excluding hydrogens is 315 g/mol. The van der Waals surface area contributed by atoms with Crippen LogP contribution in [-0.2, 0) is 14.4 Å². The fraction of sp³-hybridized carbons (Fsp3) is 0.471. The summed E-state index contributed by atoms with van der Waals surface area (Å²) in [5, 5.41) is 14.4. The van der Waals surface area contributed by atoms with Crippen molar-refractivity contribution >= 4 is 29.2 Å². The van der Waals surface area contributed by atoms with E-state index >= 15 is 0 Å². The zero-order chi connectivity index (χ0) is 17.7. The van der Waals surface area contributed by atoms with Crippen LogP contribution >= 0.6 is 0 Å². The van der Waals surface area contributed by atoms with Crippen molar-refractivity contribution in [3.05, 3.63) is 24.0 Å². The monoisotopic (exact) mass is 336 g/mol. The Labute approximate surface area is 139 Å². The number of carbonyl (C=O) groups is 3. The van der Waals surface area contributed by atoms with E-state index in [1.807, 2.05) is 0 Å². The van der Waals surface area contributed by atoms with Crippen LogP contribution in [0.3, 0.4) is 0 Å². The van der Waals surface area contributed by atoms with Crippen LogP contribution in [-0.4, -0.2) is 22.9 Å². The molecule has 0 spiro atoms. The molecule has 1 aliphatic carbocycles. The second-order valence-corrected chi connectivity index (χ2v) is 6.25. The van der Waals surface area contributed by atoms with Gasteiger partial charge >= 0.3 is 5.97 Å². The number of hydrogen-bond acceptors (Lipinski definition) is 3. The lowest BCUT2D eigenvalue weighted by Gasteiger charge is -2.32. The van der Waals surface area contributed by atoms with Crippen LogP contribution in [0.1, 0.15) is 45.4 Å². The third kappa shape index (κ3) is 4.31. The third-order valence-corrected chi connectivity index (χ3v) is 4.32. The van der Waals surface area contributed by atoms with Gasteiger partial charge in [0.15, 0.2) is 0 Å². The number of carboxylic acid groups (broad SMARTS) is 1. The van der Waals surface area contributed by atoms with Crippen LogP contribution in [0.15, 0.2) is 18.2 Å². The minimum absolute atomic E-state index is 0.0362. The fourth-order valence-corrected chi connectivity index (χ4v) is 3.10. The van der Waals surface area contributed by atoms with Gasteiger partial charge in [0.05, 0.1) is 11.1 Å². The lowest BCUT2D eigenvalue weighted by Crippen LogP contribution is -2.37. The number of anilines is 2. The molecule has 0 heterocycles. The quantitative estimate of drug-likeness (QED) is 0.769. The van der Waals surface area contributed by atoms with E-state index in [1.54, 1.807) is 0 Å². The normalized spacial score (nSPS) is 16.2. The van der Waals surface area contributed by atoms with E-state index in [0.29, 0.717) is 18.5 Å². The second kappa shape index (κ2) is 7.42. The molecule has 1 aromatic rings. The molecule has 0 unspecified atom stereocenters. The summed E-state index contributed by atoms with van der Waals surface area (Å²) in [6.45, 7) is 1.25. The van der Waals surface area contributed by atoms with Gasteiger partial charge in [0.25, 0.3) is 0 Å². The maximum absolute atomic E-state index is 13.6. The van der Waals surface area contributed by atoms with Gasteiger partial charge in [-0.05, 0) is 31.0 Å². The summed E-state index contributed by atoms with van der Waals surface area (Å²) >= 11 is 0. The number of carbonyl (C=O) groups excluding carboxylic acids is 2. The number of halogens is 1. The molecule has 6 nitrogen and oxygen atoms in total. The average molecular weight is 336 g/mol. The van der Waals surface area contributed by atoms with Crippen molar-refractivity contribution in [2.24, 2.45) is 5.41 Å². The summed E-state index contributed by atoms with van der Waals surface area (Å²) < 4.78 is 13.6. The molecule has 1 fully saturated rings. The van der Waals surface area contributed by atoms with E-state index in [1.165, 1.54) is 19.1 Å². The molecule has 0 saturated heterocycles. The molecule has 0 atom stereocenters. The van der Waals surface area contributed by atoms with Gasteiger partial charge in [-0.15, -0.1) is 0 Å². The summed E-state index contributed by atoms with van der Waals surface area (Å²) in [6, 6.07) is 3.81. The second-order valence-electron chi connectivity index (χ2n) is 6.25. The summed E-state index contributed by atoms with van der Waals surface area (Å²) in [7, 11) is 0. The lowest BCUT2D eigenvalue weighted by atomic mass is 9.71. The van der Waals surface area contributed by atoms with Gasteiger partial charge in [-0.25, -0.2) is 4.39 Å². The van der Waals surface area contributed by atoms with Crippen molar-refractivity contribution in [2.75, 3.05) is 10.6 Å². The SMILES string of the molecule is CC(=O)Nc1cc(NC(=O)CC2(C(=O)O)CCCCC2)ccc1F. The zero-order valence-electron chi connectivity index (χ0n) is 13.5. The molecule has 2 rings (SSSR count). The Hall–Kier alpha value is -2.44. The molecule has 0 radical (unpaired) electrons. The van der Waals surface area contributed by atoms with Crippen molar-refractivity contribution in [1.29, 1.82) is 0 Å². The smallest absolute Gasteiger partial charge is 0.310 e. The van der Waals surface area contributed by atoms with Gasteiger partial charge in [-0.3, -0.25) is 14.4 Å². The van der Waals surface area contributed by atoms with Crippen LogP contribution < -0.4 is 10.6 Å². The number of nitrogens with one attached hydrogen (secondary N) is 2. The molecule has 2 amide bonds. The Balaban J connectivity index is 2.08. The summed E-state index contributed by atoms with van der Waals surface area (Å²) in [5.74, 6) is -2.42. The van der Waals surface area contributed by atoms with E-state index in [2.05, 4.69) is 10.6 Å². The molecule has 0 aliphatic heterocycles. The van der Waals surface area contributed by atoms with E-state index in [0.717, 1.165) is 25.3 Å². The van der Waals surface area contributed by atoms with Gasteiger partial charge in [-0.1, -0.05) is 19.3 Å². The van der Waals surface area contributed by atoms with E-state index in [4.69, 9.17) is 0 Å². The molecule has 3 N–H and O–H groups in total. The van der Waals surface area contributed by atoms with Crippen LogP contribution in [0.25, 0.3) is 0 Å². The minimum Gasteiger partial charge on any atom is -0.481 e. The lowest BCUT2D eigenvalue weighted by molar-refractivity contribution is -0.153. The standard InChI is InChI=1S/C17H21FN2O4/c1-11(21)19-14-9-12(5-6-13(14)18)20-15(22)10-17(16(23)24)7-3-2-4-8-17/h5-6,9H,2-4,7-8,10H2,1H3,(H,19,21)(H,20,22)(H,23,24). The Morgan fingerprint density at radius 2 is 1.83 bits per heavy atom. The van der Waals surface area contributed by atoms with Crippen molar-refractivity contribution in [3.8, 4) is 0 Å². The largest absolute Gasteiger partial charge is 0.481 e. The first-order valence-electron chi connectivity index (χ1n) is 7.93. The topological polar surface area (TPSA) is 95.5 Å². The van der Waals surface area contributed by atoms with Gasteiger partial charge in [-0.2, -0.15) is 0 Å². The number of amides is 2. The zero-order valence-corrected chi connectivity index (χ0v) is 13.5. The van der Waals surface area contributed by atoms with Crippen LogP contribution in [0, 0.1) is 11.2 Å². The third-order valence-electron chi connectivity index (χ3n) is 4.32. The molecule has 130 valence electrons. The maximum atomic E-state index is 13.6. The van der Waals surface area contributed by atoms with Crippen LogP contribution in [0.4, 0.5) is 15.8 Å². The highest BCUT2D eigenvalue weighted by molar-refractivity contribution is 5.95. The maximum Gasteiger partial charge on any atom is 0.310 e. The first kappa shape index (κ1) is 17.9. The van der Waals surface area contributed by atoms with Crippen molar-refractivity contribution < 1.29 is 23.9 Å². The highest BCUT2D eigenvalue weighted by atomic mass is 19.1. The number of hydrogen-bond donors (Lipinski definition) is 3. The van der Waals surface area contributed by atoms with Gasteiger partial charge < -0.3 is 15.7 Å². The van der Waals surface area contributed by atoms with Crippen molar-refractivity contribution in [3.63, 3.8) is 0 Å². The average Bonchev–Trinajstić information content (AvgIpc) is 2.51. The van der Waals surface area contributed by atoms with E-state index < -0.39 is 29.0 Å². The molecular formula is C17H21FN2O4. The molecule has 7 heteroatoms. The van der Waals surface area contributed by atoms with Crippen molar-refractivity contribution in [1.82, 2.24) is 0 Å². The first-order chi connectivity index (χ1) is 11.3. The number of carboxylic acids is 1. The summed E-state index contributed by atoms with van der Waals surface area (Å²) in [6.07, 6.45) is 3.42. The molecule has 1 aliphatic rings. The Bertz CT molecular complexity index is 654. The Morgan fingerprint density at radius 3 is 2.42 bits per heavy atom. The Kier molecular flexibility index (Phi) is 5.54. The predicted molar refractivity (Wildman–Crippen MR) is 87.1 cm³/mol. The summed E-state index contributed by atoms with van der Waals surface area (Å²) in [5.41, 5.74) is -0.754. The van der Waals surface area contributed by atoms with Gasteiger partial charge in [0.2, 0.25) is 11.8 Å². The Morgan fingerprint density at radius 1 is 1.17 bits per heavy atom. The number of rotatable bonds is 5. The van der Waals surface area contributed by atoms with Crippen LogP contribution in [0.2, 0.25) is 0 Å². The highest BCUT2D eigenvalue weighted by Gasteiger charge is 2.41. The first-order valence-corrected chi connectivity index (χ1v) is 7.93. The fourth-order valence-electron chi connectivity index (χ4n) is 3.10. The highest BCUT2D eigenvalue weighted by Crippen LogP contribution is 2.39. The number of aliphatic carboxylic acids is 1. The van der Waals surface area contributed by atoms with Gasteiger partial charge in [0.1, 0.15) is 5.82 Å². The number of benzene rings is 1. The molecule has 0 aromatic heterocycles. The van der Waals surface area contributed by atoms with Crippen molar-refractivity contribution in [2.45, 2.75) is 45.4 Å². The summed E-state index contributed by atoms with van der Waals surface area (Å²) in [4.78, 5) is 34.9. The van der Waals surface area contributed by atoms with E-state index in [9.17, 15) is 23.9 Å². The predicted octanol–water partition coefficient (Wildman–Crippen LogP) is 3.15. The minimum atomic E-state index is -1.02. The van der Waals surface area contributed by atoms with Gasteiger partial charge in [0, 0.05) is 19.0 Å². The van der Waals surface area contributed by atoms with Crippen LogP contribution in [0.5, 0.6) is 0 Å².